The maximum Gasteiger partial charge on any atom is 0.240 e. The molecule has 1 aliphatic heterocycles. The normalized spacial score (nSPS) is 17.5. The van der Waals surface area contributed by atoms with Crippen LogP contribution in [0.4, 0.5) is 5.13 Å². The minimum atomic E-state index is 0.0577. The number of fused-ring (bicyclic) bond motifs is 1. The summed E-state index contributed by atoms with van der Waals surface area (Å²) >= 11 is 1.66. The van der Waals surface area contributed by atoms with Crippen LogP contribution in [0.15, 0.2) is 48.1 Å². The van der Waals surface area contributed by atoms with Crippen LogP contribution in [0.2, 0.25) is 0 Å². The van der Waals surface area contributed by atoms with Gasteiger partial charge in [-0.1, -0.05) is 18.2 Å². The number of carbonyl (C=O) groups is 1. The minimum Gasteiger partial charge on any atom is -0.352 e. The van der Waals surface area contributed by atoms with E-state index in [4.69, 9.17) is 0 Å². The number of aromatic nitrogens is 2. The molecule has 6 heteroatoms. The van der Waals surface area contributed by atoms with Crippen molar-refractivity contribution in [2.45, 2.75) is 25.4 Å². The van der Waals surface area contributed by atoms with Gasteiger partial charge in [-0.3, -0.25) is 4.79 Å². The van der Waals surface area contributed by atoms with Gasteiger partial charge in [0.1, 0.15) is 6.54 Å². The molecule has 1 atom stereocenters. The molecule has 0 aliphatic carbocycles. The highest BCUT2D eigenvalue weighted by Gasteiger charge is 2.26. The van der Waals surface area contributed by atoms with Crippen molar-refractivity contribution in [2.24, 2.45) is 0 Å². The number of hydrogen-bond donors (Lipinski definition) is 1. The lowest BCUT2D eigenvalue weighted by atomic mass is 10.2. The number of amides is 1. The van der Waals surface area contributed by atoms with Gasteiger partial charge in [0.05, 0.1) is 0 Å². The average molecular weight is 340 g/mol. The van der Waals surface area contributed by atoms with Crippen LogP contribution < -0.4 is 10.2 Å². The lowest BCUT2D eigenvalue weighted by molar-refractivity contribution is -0.121. The first-order valence-electron chi connectivity index (χ1n) is 8.28. The first-order chi connectivity index (χ1) is 11.8. The summed E-state index contributed by atoms with van der Waals surface area (Å²) in [5.74, 6) is 0.0577. The van der Waals surface area contributed by atoms with E-state index in [1.165, 1.54) is 0 Å². The smallest absolute Gasteiger partial charge is 0.240 e. The largest absolute Gasteiger partial charge is 0.352 e. The molecule has 24 heavy (non-hydrogen) atoms. The zero-order valence-corrected chi connectivity index (χ0v) is 14.2. The number of anilines is 1. The maximum atomic E-state index is 12.3. The first-order valence-corrected chi connectivity index (χ1v) is 9.16. The van der Waals surface area contributed by atoms with Gasteiger partial charge in [0, 0.05) is 42.4 Å². The number of nitrogens with zero attached hydrogens (tertiary/aromatic N) is 3. The molecule has 1 fully saturated rings. The first kappa shape index (κ1) is 15.2. The van der Waals surface area contributed by atoms with Crippen molar-refractivity contribution in [1.29, 1.82) is 0 Å². The molecule has 4 rings (SSSR count). The standard InChI is InChI=1S/C18H20N4OS/c23-17(13-21-10-7-14-4-1-2-6-16(14)21)20-12-15-5-3-9-22(15)18-19-8-11-24-18/h1-2,4,6-8,10-11,15H,3,5,9,12-13H2,(H,20,23)/t15-/m1/s1. The molecule has 3 heterocycles. The molecule has 1 aromatic carbocycles. The van der Waals surface area contributed by atoms with E-state index in [0.717, 1.165) is 35.4 Å². The van der Waals surface area contributed by atoms with Gasteiger partial charge in [-0.15, -0.1) is 11.3 Å². The van der Waals surface area contributed by atoms with Gasteiger partial charge in [0.2, 0.25) is 5.91 Å². The number of benzene rings is 1. The van der Waals surface area contributed by atoms with Crippen molar-refractivity contribution < 1.29 is 4.79 Å². The third-order valence-electron chi connectivity index (χ3n) is 4.57. The van der Waals surface area contributed by atoms with Gasteiger partial charge < -0.3 is 14.8 Å². The Hall–Kier alpha value is -2.34. The molecule has 1 N–H and O–H groups in total. The van der Waals surface area contributed by atoms with Crippen molar-refractivity contribution in [2.75, 3.05) is 18.0 Å². The van der Waals surface area contributed by atoms with E-state index in [9.17, 15) is 4.79 Å². The van der Waals surface area contributed by atoms with E-state index in [1.807, 2.05) is 46.6 Å². The van der Waals surface area contributed by atoms with Gasteiger partial charge in [-0.05, 0) is 30.4 Å². The monoisotopic (exact) mass is 340 g/mol. The van der Waals surface area contributed by atoms with E-state index < -0.39 is 0 Å². The van der Waals surface area contributed by atoms with Crippen LogP contribution >= 0.6 is 11.3 Å². The molecule has 0 saturated carbocycles. The third-order valence-corrected chi connectivity index (χ3v) is 5.38. The third kappa shape index (κ3) is 3.01. The molecule has 0 spiro atoms. The van der Waals surface area contributed by atoms with E-state index in [0.29, 0.717) is 19.1 Å². The second kappa shape index (κ2) is 6.65. The summed E-state index contributed by atoms with van der Waals surface area (Å²) in [5, 5.41) is 7.32. The van der Waals surface area contributed by atoms with Crippen molar-refractivity contribution >= 4 is 33.3 Å². The minimum absolute atomic E-state index is 0.0577. The highest BCUT2D eigenvalue weighted by Crippen LogP contribution is 2.26. The van der Waals surface area contributed by atoms with Crippen LogP contribution in [0.3, 0.4) is 0 Å². The fourth-order valence-corrected chi connectivity index (χ4v) is 4.12. The van der Waals surface area contributed by atoms with Crippen molar-refractivity contribution in [1.82, 2.24) is 14.9 Å². The van der Waals surface area contributed by atoms with Gasteiger partial charge in [-0.2, -0.15) is 0 Å². The lowest BCUT2D eigenvalue weighted by Crippen LogP contribution is -2.41. The van der Waals surface area contributed by atoms with Gasteiger partial charge >= 0.3 is 0 Å². The number of nitrogens with one attached hydrogen (secondary N) is 1. The van der Waals surface area contributed by atoms with Crippen LogP contribution in [0.1, 0.15) is 12.8 Å². The van der Waals surface area contributed by atoms with Crippen LogP contribution in [0.25, 0.3) is 10.9 Å². The Labute approximate surface area is 144 Å². The Morgan fingerprint density at radius 2 is 2.25 bits per heavy atom. The van der Waals surface area contributed by atoms with Crippen LogP contribution in [0.5, 0.6) is 0 Å². The molecular weight excluding hydrogens is 320 g/mol. The van der Waals surface area contributed by atoms with Crippen molar-refractivity contribution in [3.8, 4) is 0 Å². The van der Waals surface area contributed by atoms with Gasteiger partial charge in [-0.25, -0.2) is 4.98 Å². The lowest BCUT2D eigenvalue weighted by Gasteiger charge is -2.24. The van der Waals surface area contributed by atoms with E-state index in [1.54, 1.807) is 11.3 Å². The Bertz CT molecular complexity index is 827. The molecular formula is C18H20N4OS. The average Bonchev–Trinajstić information content (AvgIpc) is 3.33. The highest BCUT2D eigenvalue weighted by molar-refractivity contribution is 7.13. The van der Waals surface area contributed by atoms with Crippen LogP contribution in [-0.4, -0.2) is 34.6 Å². The number of thiazole rings is 1. The van der Waals surface area contributed by atoms with Crippen LogP contribution in [-0.2, 0) is 11.3 Å². The fourth-order valence-electron chi connectivity index (χ4n) is 3.38. The Morgan fingerprint density at radius 3 is 3.12 bits per heavy atom. The predicted octanol–water partition coefficient (Wildman–Crippen LogP) is 2.88. The molecule has 1 saturated heterocycles. The molecule has 1 amide bonds. The maximum absolute atomic E-state index is 12.3. The SMILES string of the molecule is O=C(Cn1ccc2ccccc21)NC[C@H]1CCCN1c1nccs1. The fraction of sp³-hybridized carbons (Fsp3) is 0.333. The molecule has 3 aromatic rings. The number of carbonyl (C=O) groups excluding carboxylic acids is 1. The second-order valence-corrected chi connectivity index (χ2v) is 6.98. The van der Waals surface area contributed by atoms with E-state index >= 15 is 0 Å². The topological polar surface area (TPSA) is 50.2 Å². The number of rotatable bonds is 5. The molecule has 0 radical (unpaired) electrons. The summed E-state index contributed by atoms with van der Waals surface area (Å²) in [4.78, 5) is 19.1. The summed E-state index contributed by atoms with van der Waals surface area (Å²) in [7, 11) is 0. The summed E-state index contributed by atoms with van der Waals surface area (Å²) in [5.41, 5.74) is 1.10. The molecule has 0 unspecified atom stereocenters. The molecule has 0 bridgehead atoms. The molecule has 2 aromatic heterocycles. The zero-order chi connectivity index (χ0) is 16.4. The molecule has 124 valence electrons. The van der Waals surface area contributed by atoms with Crippen molar-refractivity contribution in [3.63, 3.8) is 0 Å². The van der Waals surface area contributed by atoms with E-state index in [2.05, 4.69) is 21.3 Å². The summed E-state index contributed by atoms with van der Waals surface area (Å²) in [6.45, 7) is 2.06. The zero-order valence-electron chi connectivity index (χ0n) is 13.4. The summed E-state index contributed by atoms with van der Waals surface area (Å²) in [6.07, 6.45) is 6.07. The predicted molar refractivity (Wildman–Crippen MR) is 97.4 cm³/mol. The molecule has 5 nitrogen and oxygen atoms in total. The number of hydrogen-bond acceptors (Lipinski definition) is 4. The Kier molecular flexibility index (Phi) is 4.21. The van der Waals surface area contributed by atoms with Crippen LogP contribution in [0, 0.1) is 0 Å². The Balaban J connectivity index is 1.36. The quantitative estimate of drug-likeness (QED) is 0.777. The van der Waals surface area contributed by atoms with Crippen molar-refractivity contribution in [3.05, 3.63) is 48.1 Å². The Morgan fingerprint density at radius 1 is 1.33 bits per heavy atom. The number of para-hydroxylation sites is 1. The molecule has 1 aliphatic rings. The second-order valence-electron chi connectivity index (χ2n) is 6.11. The van der Waals surface area contributed by atoms with Gasteiger partial charge in [0.25, 0.3) is 0 Å². The van der Waals surface area contributed by atoms with Gasteiger partial charge in [0.15, 0.2) is 5.13 Å². The summed E-state index contributed by atoms with van der Waals surface area (Å²) in [6, 6.07) is 10.5. The van der Waals surface area contributed by atoms with E-state index in [-0.39, 0.29) is 5.91 Å². The highest BCUT2D eigenvalue weighted by atomic mass is 32.1. The summed E-state index contributed by atoms with van der Waals surface area (Å²) < 4.78 is 2.00.